The molecule has 1 N–H and O–H groups in total. The highest BCUT2D eigenvalue weighted by molar-refractivity contribution is 7.89. The third-order valence-electron chi connectivity index (χ3n) is 4.20. The number of rotatable bonds is 8. The van der Waals surface area contributed by atoms with Crippen molar-refractivity contribution in [3.63, 3.8) is 0 Å². The fraction of sp³-hybridized carbons (Fsp3) is 0.389. The van der Waals surface area contributed by atoms with Gasteiger partial charge in [-0.3, -0.25) is 9.69 Å². The minimum absolute atomic E-state index is 0.138. The van der Waals surface area contributed by atoms with Crippen molar-refractivity contribution in [1.82, 2.24) is 9.21 Å². The Kier molecular flexibility index (Phi) is 7.41. The Morgan fingerprint density at radius 1 is 1.26 bits per heavy atom. The number of thiophene rings is 1. The van der Waals surface area contributed by atoms with Gasteiger partial charge >= 0.3 is 0 Å². The van der Waals surface area contributed by atoms with Crippen LogP contribution < -0.4 is 5.32 Å². The van der Waals surface area contributed by atoms with E-state index in [4.69, 9.17) is 11.6 Å². The van der Waals surface area contributed by atoms with Crippen LogP contribution in [0.15, 0.2) is 41.3 Å². The summed E-state index contributed by atoms with van der Waals surface area (Å²) in [6, 6.07) is 9.68. The molecule has 1 aromatic heterocycles. The fourth-order valence-corrected chi connectivity index (χ4v) is 4.58. The second kappa shape index (κ2) is 9.16. The summed E-state index contributed by atoms with van der Waals surface area (Å²) in [7, 11) is -0.613. The maximum Gasteiger partial charge on any atom is 0.242 e. The molecular formula is C18H24ClN3O3S2. The Morgan fingerprint density at radius 3 is 2.52 bits per heavy atom. The van der Waals surface area contributed by atoms with Crippen molar-refractivity contribution in [2.45, 2.75) is 31.3 Å². The molecule has 148 valence electrons. The highest BCUT2D eigenvalue weighted by Gasteiger charge is 2.22. The van der Waals surface area contributed by atoms with E-state index < -0.39 is 10.0 Å². The van der Waals surface area contributed by atoms with E-state index in [2.05, 4.69) is 5.32 Å². The summed E-state index contributed by atoms with van der Waals surface area (Å²) in [5, 5.41) is 2.81. The zero-order valence-corrected chi connectivity index (χ0v) is 18.2. The van der Waals surface area contributed by atoms with Crippen LogP contribution in [0.25, 0.3) is 0 Å². The number of carbonyl (C=O) groups is 1. The molecule has 1 heterocycles. The van der Waals surface area contributed by atoms with Crippen molar-refractivity contribution in [1.29, 1.82) is 0 Å². The monoisotopic (exact) mass is 429 g/mol. The van der Waals surface area contributed by atoms with E-state index in [0.29, 0.717) is 18.8 Å². The molecule has 9 heteroatoms. The number of nitrogens with one attached hydrogen (secondary N) is 1. The summed E-state index contributed by atoms with van der Waals surface area (Å²) < 4.78 is 26.4. The minimum atomic E-state index is -3.55. The summed E-state index contributed by atoms with van der Waals surface area (Å²) in [5.74, 6) is -0.195. The van der Waals surface area contributed by atoms with Crippen LogP contribution in [-0.2, 0) is 21.4 Å². The molecule has 1 unspecified atom stereocenters. The van der Waals surface area contributed by atoms with E-state index in [1.807, 2.05) is 30.9 Å². The van der Waals surface area contributed by atoms with Gasteiger partial charge in [-0.1, -0.05) is 24.6 Å². The number of nitrogens with zero attached hydrogens (tertiary/aromatic N) is 2. The summed E-state index contributed by atoms with van der Waals surface area (Å²) >= 11 is 7.47. The molecule has 1 atom stereocenters. The average Bonchev–Trinajstić information content (AvgIpc) is 3.04. The van der Waals surface area contributed by atoms with Crippen molar-refractivity contribution in [2.75, 3.05) is 26.0 Å². The van der Waals surface area contributed by atoms with Crippen molar-refractivity contribution in [3.05, 3.63) is 45.6 Å². The van der Waals surface area contributed by atoms with Crippen molar-refractivity contribution in [3.8, 4) is 0 Å². The van der Waals surface area contributed by atoms with Crippen LogP contribution in [-0.4, -0.2) is 50.2 Å². The van der Waals surface area contributed by atoms with E-state index >= 15 is 0 Å². The molecular weight excluding hydrogens is 406 g/mol. The van der Waals surface area contributed by atoms with Crippen LogP contribution in [0, 0.1) is 0 Å². The van der Waals surface area contributed by atoms with Gasteiger partial charge in [0.05, 0.1) is 15.3 Å². The Balaban J connectivity index is 2.11. The Hall–Kier alpha value is -1.45. The zero-order chi connectivity index (χ0) is 20.2. The molecule has 1 aromatic carbocycles. The highest BCUT2D eigenvalue weighted by atomic mass is 35.5. The summed E-state index contributed by atoms with van der Waals surface area (Å²) in [6.45, 7) is 5.13. The molecule has 2 aromatic rings. The van der Waals surface area contributed by atoms with Gasteiger partial charge in [-0.25, -0.2) is 12.7 Å². The standard InChI is InChI=1S/C18H24ClN3O3S2/c1-5-22(12-15-9-10-17(19)26-15)13(2)18(23)20-14-7-6-8-16(11-14)27(24,25)21(3)4/h6-11,13H,5,12H2,1-4H3,(H,20,23). The molecule has 0 fully saturated rings. The van der Waals surface area contributed by atoms with E-state index in [1.54, 1.807) is 12.1 Å². The fourth-order valence-electron chi connectivity index (χ4n) is 2.52. The number of hydrogen-bond acceptors (Lipinski definition) is 5. The molecule has 0 radical (unpaired) electrons. The van der Waals surface area contributed by atoms with Crippen LogP contribution >= 0.6 is 22.9 Å². The number of likely N-dealkylation sites (N-methyl/N-ethyl adjacent to an activating group) is 1. The third kappa shape index (κ3) is 5.52. The smallest absolute Gasteiger partial charge is 0.242 e. The lowest BCUT2D eigenvalue weighted by atomic mass is 10.2. The van der Waals surface area contributed by atoms with Crippen LogP contribution in [0.1, 0.15) is 18.7 Å². The van der Waals surface area contributed by atoms with Crippen molar-refractivity contribution < 1.29 is 13.2 Å². The molecule has 0 spiro atoms. The molecule has 0 aliphatic rings. The predicted octanol–water partition coefficient (Wildman–Crippen LogP) is 3.50. The first-order chi connectivity index (χ1) is 12.6. The molecule has 6 nitrogen and oxygen atoms in total. The summed E-state index contributed by atoms with van der Waals surface area (Å²) in [4.78, 5) is 15.9. The number of carbonyl (C=O) groups excluding carboxylic acids is 1. The first-order valence-corrected chi connectivity index (χ1v) is 11.1. The van der Waals surface area contributed by atoms with Gasteiger partial charge in [-0.05, 0) is 43.8 Å². The normalized spacial score (nSPS) is 13.1. The van der Waals surface area contributed by atoms with E-state index in [0.717, 1.165) is 13.5 Å². The van der Waals surface area contributed by atoms with Crippen LogP contribution in [0.4, 0.5) is 5.69 Å². The van der Waals surface area contributed by atoms with Gasteiger partial charge in [0.1, 0.15) is 0 Å². The van der Waals surface area contributed by atoms with Gasteiger partial charge in [0.2, 0.25) is 15.9 Å². The lowest BCUT2D eigenvalue weighted by molar-refractivity contribution is -0.120. The zero-order valence-electron chi connectivity index (χ0n) is 15.8. The van der Waals surface area contributed by atoms with Crippen LogP contribution in [0.5, 0.6) is 0 Å². The number of hydrogen-bond donors (Lipinski definition) is 1. The van der Waals surface area contributed by atoms with Gasteiger partial charge in [0.15, 0.2) is 0 Å². The average molecular weight is 430 g/mol. The molecule has 2 rings (SSSR count). The Labute approximate surface area is 169 Å². The predicted molar refractivity (Wildman–Crippen MR) is 111 cm³/mol. The van der Waals surface area contributed by atoms with E-state index in [1.165, 1.54) is 37.6 Å². The lowest BCUT2D eigenvalue weighted by Gasteiger charge is -2.26. The second-order valence-corrected chi connectivity index (χ2v) is 10.2. The van der Waals surface area contributed by atoms with Crippen LogP contribution in [0.3, 0.4) is 0 Å². The number of benzene rings is 1. The van der Waals surface area contributed by atoms with Gasteiger partial charge < -0.3 is 5.32 Å². The van der Waals surface area contributed by atoms with Gasteiger partial charge in [-0.15, -0.1) is 11.3 Å². The maximum atomic E-state index is 12.7. The third-order valence-corrected chi connectivity index (χ3v) is 7.23. The Morgan fingerprint density at radius 2 is 1.96 bits per heavy atom. The molecule has 1 amide bonds. The number of amides is 1. The largest absolute Gasteiger partial charge is 0.325 e. The topological polar surface area (TPSA) is 69.7 Å². The molecule has 0 aliphatic heterocycles. The van der Waals surface area contributed by atoms with Gasteiger partial charge in [-0.2, -0.15) is 0 Å². The summed E-state index contributed by atoms with van der Waals surface area (Å²) in [5.41, 5.74) is 0.449. The lowest BCUT2D eigenvalue weighted by Crippen LogP contribution is -2.41. The second-order valence-electron chi connectivity index (χ2n) is 6.25. The Bertz CT molecular complexity index is 897. The van der Waals surface area contributed by atoms with E-state index in [9.17, 15) is 13.2 Å². The minimum Gasteiger partial charge on any atom is -0.325 e. The molecule has 0 saturated heterocycles. The van der Waals surface area contributed by atoms with Crippen molar-refractivity contribution >= 4 is 44.6 Å². The van der Waals surface area contributed by atoms with Crippen LogP contribution in [0.2, 0.25) is 4.34 Å². The SMILES string of the molecule is CCN(Cc1ccc(Cl)s1)C(C)C(=O)Nc1cccc(S(=O)(=O)N(C)C)c1. The first kappa shape index (κ1) is 21.8. The number of halogens is 1. The highest BCUT2D eigenvalue weighted by Crippen LogP contribution is 2.24. The molecule has 0 bridgehead atoms. The molecule has 0 saturated carbocycles. The first-order valence-electron chi connectivity index (χ1n) is 8.47. The van der Waals surface area contributed by atoms with Gasteiger partial charge in [0, 0.05) is 31.2 Å². The van der Waals surface area contributed by atoms with E-state index in [-0.39, 0.29) is 16.8 Å². The molecule has 0 aliphatic carbocycles. The maximum absolute atomic E-state index is 12.7. The van der Waals surface area contributed by atoms with Crippen molar-refractivity contribution in [2.24, 2.45) is 0 Å². The van der Waals surface area contributed by atoms with Gasteiger partial charge in [0.25, 0.3) is 0 Å². The summed E-state index contributed by atoms with van der Waals surface area (Å²) in [6.07, 6.45) is 0. The number of sulfonamides is 1. The molecule has 27 heavy (non-hydrogen) atoms. The quantitative estimate of drug-likeness (QED) is 0.697. The number of anilines is 1.